The molecule has 0 bridgehead atoms. The summed E-state index contributed by atoms with van der Waals surface area (Å²) in [5, 5.41) is 17.5. The fraction of sp³-hybridized carbons (Fsp3) is 0.769. The largest absolute Gasteiger partial charge is 0.389 e. The van der Waals surface area contributed by atoms with Gasteiger partial charge in [-0.05, 0) is 33.6 Å². The minimum Gasteiger partial charge on any atom is -0.389 e. The van der Waals surface area contributed by atoms with Crippen molar-refractivity contribution >= 4 is 0 Å². The molecule has 1 rings (SSSR count). The van der Waals surface area contributed by atoms with Crippen LogP contribution in [0, 0.1) is 13.8 Å². The normalized spacial score (nSPS) is 14.0. The molecule has 1 aromatic rings. The van der Waals surface area contributed by atoms with Gasteiger partial charge in [0.2, 0.25) is 0 Å². The summed E-state index contributed by atoms with van der Waals surface area (Å²) in [7, 11) is 0. The molecule has 0 aliphatic carbocycles. The Morgan fingerprint density at radius 1 is 1.35 bits per heavy atom. The topological polar surface area (TPSA) is 58.3 Å². The standard InChI is InChI=1S/C13H24N2O2/c1-6-13(16,7-2)8-14-9(3)12-10(4)15-17-11(12)5/h9,14,16H,6-8H2,1-5H3. The molecule has 4 heteroatoms. The molecule has 0 radical (unpaired) electrons. The van der Waals surface area contributed by atoms with E-state index in [0.29, 0.717) is 6.54 Å². The van der Waals surface area contributed by atoms with Crippen LogP contribution in [-0.4, -0.2) is 22.4 Å². The lowest BCUT2D eigenvalue weighted by atomic mass is 9.96. The van der Waals surface area contributed by atoms with Gasteiger partial charge >= 0.3 is 0 Å². The second-order valence-electron chi connectivity index (χ2n) is 4.77. The second kappa shape index (κ2) is 5.65. The number of aryl methyl sites for hydroxylation is 2. The zero-order valence-corrected chi connectivity index (χ0v) is 11.5. The zero-order valence-electron chi connectivity index (χ0n) is 11.5. The molecule has 0 aliphatic rings. The second-order valence-corrected chi connectivity index (χ2v) is 4.77. The highest BCUT2D eigenvalue weighted by Gasteiger charge is 2.24. The molecule has 0 saturated heterocycles. The average Bonchev–Trinajstić information content (AvgIpc) is 2.66. The van der Waals surface area contributed by atoms with Crippen LogP contribution in [-0.2, 0) is 0 Å². The summed E-state index contributed by atoms with van der Waals surface area (Å²) in [6.45, 7) is 10.5. The Labute approximate surface area is 103 Å². The molecule has 0 aliphatic heterocycles. The van der Waals surface area contributed by atoms with Crippen molar-refractivity contribution in [2.45, 2.75) is 59.1 Å². The van der Waals surface area contributed by atoms with E-state index >= 15 is 0 Å². The summed E-state index contributed by atoms with van der Waals surface area (Å²) in [5.74, 6) is 0.846. The van der Waals surface area contributed by atoms with E-state index in [2.05, 4.69) is 17.4 Å². The first-order valence-corrected chi connectivity index (χ1v) is 6.32. The first-order valence-electron chi connectivity index (χ1n) is 6.32. The molecule has 1 atom stereocenters. The zero-order chi connectivity index (χ0) is 13.1. The van der Waals surface area contributed by atoms with Crippen molar-refractivity contribution < 1.29 is 9.63 Å². The lowest BCUT2D eigenvalue weighted by Crippen LogP contribution is -2.40. The molecule has 17 heavy (non-hydrogen) atoms. The van der Waals surface area contributed by atoms with Gasteiger partial charge in [0, 0.05) is 18.2 Å². The third kappa shape index (κ3) is 3.30. The van der Waals surface area contributed by atoms with Crippen LogP contribution in [0.15, 0.2) is 4.52 Å². The summed E-state index contributed by atoms with van der Waals surface area (Å²) in [5.41, 5.74) is 1.39. The number of aliphatic hydroxyl groups is 1. The van der Waals surface area contributed by atoms with E-state index in [1.807, 2.05) is 27.7 Å². The predicted octanol–water partition coefficient (Wildman–Crippen LogP) is 2.49. The molecule has 2 N–H and O–H groups in total. The third-order valence-electron chi connectivity index (χ3n) is 3.58. The predicted molar refractivity (Wildman–Crippen MR) is 67.9 cm³/mol. The summed E-state index contributed by atoms with van der Waals surface area (Å²) in [6, 6.07) is 0.144. The maximum Gasteiger partial charge on any atom is 0.138 e. The summed E-state index contributed by atoms with van der Waals surface area (Å²) >= 11 is 0. The number of aromatic nitrogens is 1. The Morgan fingerprint density at radius 3 is 2.35 bits per heavy atom. The third-order valence-corrected chi connectivity index (χ3v) is 3.58. The number of hydrogen-bond acceptors (Lipinski definition) is 4. The highest BCUT2D eigenvalue weighted by Crippen LogP contribution is 2.22. The van der Waals surface area contributed by atoms with Gasteiger partial charge in [0.25, 0.3) is 0 Å². The molecule has 0 fully saturated rings. The SMILES string of the molecule is CCC(O)(CC)CNC(C)c1c(C)noc1C. The number of nitrogens with zero attached hydrogens (tertiary/aromatic N) is 1. The Hall–Kier alpha value is -0.870. The quantitative estimate of drug-likeness (QED) is 0.802. The highest BCUT2D eigenvalue weighted by molar-refractivity contribution is 5.24. The van der Waals surface area contributed by atoms with E-state index < -0.39 is 5.60 Å². The van der Waals surface area contributed by atoms with Gasteiger partial charge in [-0.15, -0.1) is 0 Å². The number of nitrogens with one attached hydrogen (secondary N) is 1. The van der Waals surface area contributed by atoms with Crippen LogP contribution >= 0.6 is 0 Å². The van der Waals surface area contributed by atoms with E-state index in [0.717, 1.165) is 29.9 Å². The molecule has 0 amide bonds. The van der Waals surface area contributed by atoms with E-state index in [9.17, 15) is 5.11 Å². The van der Waals surface area contributed by atoms with Gasteiger partial charge in [-0.1, -0.05) is 19.0 Å². The highest BCUT2D eigenvalue weighted by atomic mass is 16.5. The van der Waals surface area contributed by atoms with Crippen LogP contribution in [0.4, 0.5) is 0 Å². The van der Waals surface area contributed by atoms with Crippen LogP contribution in [0.2, 0.25) is 0 Å². The molecule has 98 valence electrons. The minimum atomic E-state index is -0.618. The lowest BCUT2D eigenvalue weighted by molar-refractivity contribution is 0.0302. The molecule has 1 heterocycles. The number of rotatable bonds is 6. The summed E-state index contributed by atoms with van der Waals surface area (Å²) < 4.78 is 5.15. The van der Waals surface area contributed by atoms with Crippen LogP contribution in [0.3, 0.4) is 0 Å². The van der Waals surface area contributed by atoms with E-state index in [1.165, 1.54) is 0 Å². The van der Waals surface area contributed by atoms with Gasteiger partial charge in [0.15, 0.2) is 0 Å². The first kappa shape index (κ1) is 14.2. The van der Waals surface area contributed by atoms with E-state index in [4.69, 9.17) is 4.52 Å². The van der Waals surface area contributed by atoms with Crippen molar-refractivity contribution in [2.24, 2.45) is 0 Å². The fourth-order valence-electron chi connectivity index (χ4n) is 2.05. The van der Waals surface area contributed by atoms with Crippen molar-refractivity contribution in [3.63, 3.8) is 0 Å². The van der Waals surface area contributed by atoms with Crippen LogP contribution in [0.1, 0.15) is 56.7 Å². The summed E-state index contributed by atoms with van der Waals surface area (Å²) in [6.07, 6.45) is 1.51. The van der Waals surface area contributed by atoms with Gasteiger partial charge in [0.05, 0.1) is 11.3 Å². The molecule has 0 spiro atoms. The van der Waals surface area contributed by atoms with Crippen molar-refractivity contribution in [1.29, 1.82) is 0 Å². The molecule has 4 nitrogen and oxygen atoms in total. The Balaban J connectivity index is 2.65. The van der Waals surface area contributed by atoms with Crippen molar-refractivity contribution in [3.8, 4) is 0 Å². The van der Waals surface area contributed by atoms with Crippen molar-refractivity contribution in [3.05, 3.63) is 17.0 Å². The van der Waals surface area contributed by atoms with E-state index in [-0.39, 0.29) is 6.04 Å². The molecule has 0 aromatic carbocycles. The van der Waals surface area contributed by atoms with Crippen LogP contribution in [0.5, 0.6) is 0 Å². The summed E-state index contributed by atoms with van der Waals surface area (Å²) in [4.78, 5) is 0. The average molecular weight is 240 g/mol. The minimum absolute atomic E-state index is 0.144. The molecule has 1 unspecified atom stereocenters. The molecular weight excluding hydrogens is 216 g/mol. The Morgan fingerprint density at radius 2 is 1.94 bits per heavy atom. The first-order chi connectivity index (χ1) is 7.93. The van der Waals surface area contributed by atoms with Crippen molar-refractivity contribution in [1.82, 2.24) is 10.5 Å². The Kier molecular flexibility index (Phi) is 4.71. The fourth-order valence-corrected chi connectivity index (χ4v) is 2.05. The molecular formula is C13H24N2O2. The maximum atomic E-state index is 10.2. The van der Waals surface area contributed by atoms with Gasteiger partial charge in [-0.3, -0.25) is 0 Å². The molecule has 1 aromatic heterocycles. The maximum absolute atomic E-state index is 10.2. The lowest BCUT2D eigenvalue weighted by Gasteiger charge is -2.27. The van der Waals surface area contributed by atoms with Crippen molar-refractivity contribution in [2.75, 3.05) is 6.54 Å². The molecule has 0 saturated carbocycles. The van der Waals surface area contributed by atoms with Gasteiger partial charge in [-0.25, -0.2) is 0 Å². The van der Waals surface area contributed by atoms with E-state index in [1.54, 1.807) is 0 Å². The smallest absolute Gasteiger partial charge is 0.138 e. The monoisotopic (exact) mass is 240 g/mol. The van der Waals surface area contributed by atoms with Crippen LogP contribution < -0.4 is 5.32 Å². The number of hydrogen-bond donors (Lipinski definition) is 2. The van der Waals surface area contributed by atoms with Crippen LogP contribution in [0.25, 0.3) is 0 Å². The van der Waals surface area contributed by atoms with Gasteiger partial charge < -0.3 is 14.9 Å². The van der Waals surface area contributed by atoms with Gasteiger partial charge in [0.1, 0.15) is 5.76 Å². The Bertz CT molecular complexity index is 337. The van der Waals surface area contributed by atoms with Gasteiger partial charge in [-0.2, -0.15) is 0 Å².